The number of aromatic carboxylic acids is 1. The van der Waals surface area contributed by atoms with Gasteiger partial charge in [-0.15, -0.1) is 5.10 Å². The van der Waals surface area contributed by atoms with Gasteiger partial charge in [0.15, 0.2) is 5.69 Å². The zero-order chi connectivity index (χ0) is 15.4. The van der Waals surface area contributed by atoms with E-state index in [9.17, 15) is 14.9 Å². The molecule has 1 aromatic heterocycles. The van der Waals surface area contributed by atoms with Gasteiger partial charge in [-0.1, -0.05) is 5.21 Å². The van der Waals surface area contributed by atoms with Gasteiger partial charge in [0.05, 0.1) is 4.92 Å². The minimum atomic E-state index is -1.21. The molecule has 2 rings (SSSR count). The van der Waals surface area contributed by atoms with Crippen LogP contribution in [0.4, 0.5) is 5.69 Å². The molecule has 3 N–H and O–H groups in total. The number of carbonyl (C=O) groups is 1. The highest BCUT2D eigenvalue weighted by atomic mass is 16.6. The number of nitrogens with two attached hydrogens (primary N) is 1. The Morgan fingerprint density at radius 3 is 2.57 bits per heavy atom. The van der Waals surface area contributed by atoms with E-state index < -0.39 is 10.9 Å². The quantitative estimate of drug-likeness (QED) is 0.595. The van der Waals surface area contributed by atoms with Gasteiger partial charge in [-0.05, 0) is 25.1 Å². The molecule has 0 aliphatic heterocycles. The minimum Gasteiger partial charge on any atom is -0.476 e. The predicted octanol–water partition coefficient (Wildman–Crippen LogP) is 0.900. The number of benzene rings is 1. The van der Waals surface area contributed by atoms with Crippen LogP contribution in [0.3, 0.4) is 0 Å². The van der Waals surface area contributed by atoms with Gasteiger partial charge in [0.25, 0.3) is 5.69 Å². The summed E-state index contributed by atoms with van der Waals surface area (Å²) in [5.74, 6) is -1.21. The lowest BCUT2D eigenvalue weighted by atomic mass is 10.1. The van der Waals surface area contributed by atoms with Crippen LogP contribution in [0.2, 0.25) is 0 Å². The van der Waals surface area contributed by atoms with E-state index in [4.69, 9.17) is 10.8 Å². The molecule has 110 valence electrons. The normalized spacial score (nSPS) is 10.5. The van der Waals surface area contributed by atoms with E-state index in [0.29, 0.717) is 30.8 Å². The number of carboxylic acid groups (broad SMARTS) is 1. The van der Waals surface area contributed by atoms with E-state index in [1.54, 1.807) is 0 Å². The summed E-state index contributed by atoms with van der Waals surface area (Å²) in [6, 6.07) is 5.56. The van der Waals surface area contributed by atoms with Gasteiger partial charge >= 0.3 is 5.97 Å². The number of nitro groups is 1. The largest absolute Gasteiger partial charge is 0.476 e. The average molecular weight is 291 g/mol. The smallest absolute Gasteiger partial charge is 0.358 e. The Balaban J connectivity index is 2.46. The van der Waals surface area contributed by atoms with Crippen LogP contribution in [0.25, 0.3) is 11.3 Å². The predicted molar refractivity (Wildman–Crippen MR) is 72.7 cm³/mol. The molecule has 9 heteroatoms. The van der Waals surface area contributed by atoms with Gasteiger partial charge in [0.2, 0.25) is 0 Å². The molecule has 0 amide bonds. The first-order chi connectivity index (χ1) is 10.0. The molecule has 2 aromatic rings. The molecule has 0 aliphatic carbocycles. The molecule has 0 radical (unpaired) electrons. The van der Waals surface area contributed by atoms with E-state index in [2.05, 4.69) is 10.3 Å². The number of hydrogen-bond donors (Lipinski definition) is 2. The zero-order valence-corrected chi connectivity index (χ0v) is 11.0. The third-order valence-corrected chi connectivity index (χ3v) is 2.86. The maximum atomic E-state index is 11.2. The van der Waals surface area contributed by atoms with Crippen LogP contribution in [0, 0.1) is 10.1 Å². The van der Waals surface area contributed by atoms with Gasteiger partial charge in [0.1, 0.15) is 5.69 Å². The fourth-order valence-corrected chi connectivity index (χ4v) is 1.88. The summed E-state index contributed by atoms with van der Waals surface area (Å²) in [7, 11) is 0. The highest BCUT2D eigenvalue weighted by Gasteiger charge is 2.20. The van der Waals surface area contributed by atoms with E-state index in [0.717, 1.165) is 0 Å². The topological polar surface area (TPSA) is 137 Å². The number of nitrogens with zero attached hydrogens (tertiary/aromatic N) is 4. The lowest BCUT2D eigenvalue weighted by Gasteiger charge is -2.06. The molecular formula is C12H13N5O4. The third-order valence-electron chi connectivity index (χ3n) is 2.86. The maximum Gasteiger partial charge on any atom is 0.358 e. The molecule has 0 atom stereocenters. The molecule has 0 bridgehead atoms. The first-order valence-corrected chi connectivity index (χ1v) is 6.16. The van der Waals surface area contributed by atoms with Gasteiger partial charge in [0, 0.05) is 24.2 Å². The third kappa shape index (κ3) is 3.03. The number of carboxylic acids is 1. The van der Waals surface area contributed by atoms with Crippen LogP contribution in [-0.2, 0) is 6.54 Å². The number of aryl methyl sites for hydroxylation is 1. The fraction of sp³-hybridized carbons (Fsp3) is 0.250. The number of aromatic nitrogens is 3. The molecule has 9 nitrogen and oxygen atoms in total. The molecule has 1 heterocycles. The highest BCUT2D eigenvalue weighted by Crippen LogP contribution is 2.25. The van der Waals surface area contributed by atoms with Crippen molar-refractivity contribution in [3.8, 4) is 11.3 Å². The van der Waals surface area contributed by atoms with Gasteiger partial charge < -0.3 is 10.8 Å². The molecule has 0 fully saturated rings. The molecule has 1 aromatic carbocycles. The van der Waals surface area contributed by atoms with Crippen LogP contribution in [0.5, 0.6) is 0 Å². The van der Waals surface area contributed by atoms with Crippen LogP contribution in [0.15, 0.2) is 24.3 Å². The molecule has 21 heavy (non-hydrogen) atoms. The molecular weight excluding hydrogens is 278 g/mol. The van der Waals surface area contributed by atoms with Gasteiger partial charge in [-0.3, -0.25) is 10.1 Å². The van der Waals surface area contributed by atoms with Crippen molar-refractivity contribution in [3.63, 3.8) is 0 Å². The summed E-state index contributed by atoms with van der Waals surface area (Å²) in [6.07, 6.45) is 0.613. The van der Waals surface area contributed by atoms with Crippen molar-refractivity contribution in [1.29, 1.82) is 0 Å². The van der Waals surface area contributed by atoms with Crippen molar-refractivity contribution in [1.82, 2.24) is 15.0 Å². The van der Waals surface area contributed by atoms with Crippen molar-refractivity contribution in [3.05, 3.63) is 40.1 Å². The Bertz CT molecular complexity index is 665. The first-order valence-electron chi connectivity index (χ1n) is 6.16. The summed E-state index contributed by atoms with van der Waals surface area (Å²) in [6.45, 7) is 0.852. The fourth-order valence-electron chi connectivity index (χ4n) is 1.88. The Kier molecular flexibility index (Phi) is 4.24. The standard InChI is InChI=1S/C12H13N5O4/c13-6-1-7-16-11(10(12(18)19)14-15-16)8-2-4-9(5-3-8)17(20)21/h2-5H,1,6-7,13H2,(H,18,19). The summed E-state index contributed by atoms with van der Waals surface area (Å²) < 4.78 is 1.44. The van der Waals surface area contributed by atoms with E-state index in [1.165, 1.54) is 28.9 Å². The average Bonchev–Trinajstić information content (AvgIpc) is 2.89. The second kappa shape index (κ2) is 6.09. The van der Waals surface area contributed by atoms with Crippen molar-refractivity contribution in [2.45, 2.75) is 13.0 Å². The van der Waals surface area contributed by atoms with Crippen LogP contribution in [-0.4, -0.2) is 37.5 Å². The molecule has 0 aliphatic rings. The Morgan fingerprint density at radius 1 is 1.38 bits per heavy atom. The van der Waals surface area contributed by atoms with Crippen molar-refractivity contribution in [2.24, 2.45) is 5.73 Å². The molecule has 0 spiro atoms. The Labute approximate surface area is 119 Å². The molecule has 0 saturated carbocycles. The van der Waals surface area contributed by atoms with E-state index in [-0.39, 0.29) is 11.4 Å². The SMILES string of the molecule is NCCCn1nnc(C(=O)O)c1-c1ccc([N+](=O)[O-])cc1. The number of non-ortho nitro benzene ring substituents is 1. The molecule has 0 unspecified atom stereocenters. The second-order valence-electron chi connectivity index (χ2n) is 4.26. The maximum absolute atomic E-state index is 11.2. The number of rotatable bonds is 6. The van der Waals surface area contributed by atoms with Crippen LogP contribution < -0.4 is 5.73 Å². The van der Waals surface area contributed by atoms with Gasteiger partial charge in [-0.2, -0.15) is 0 Å². The van der Waals surface area contributed by atoms with Crippen LogP contribution >= 0.6 is 0 Å². The van der Waals surface area contributed by atoms with Crippen molar-refractivity contribution in [2.75, 3.05) is 6.54 Å². The van der Waals surface area contributed by atoms with Crippen molar-refractivity contribution >= 4 is 11.7 Å². The Morgan fingerprint density at radius 2 is 2.05 bits per heavy atom. The summed E-state index contributed by atoms with van der Waals surface area (Å²) >= 11 is 0. The first kappa shape index (κ1) is 14.6. The van der Waals surface area contributed by atoms with E-state index in [1.807, 2.05) is 0 Å². The lowest BCUT2D eigenvalue weighted by Crippen LogP contribution is -2.09. The van der Waals surface area contributed by atoms with Gasteiger partial charge in [-0.25, -0.2) is 9.48 Å². The zero-order valence-electron chi connectivity index (χ0n) is 11.0. The number of hydrogen-bond acceptors (Lipinski definition) is 6. The monoisotopic (exact) mass is 291 g/mol. The minimum absolute atomic E-state index is 0.0726. The molecule has 0 saturated heterocycles. The summed E-state index contributed by atoms with van der Waals surface area (Å²) in [5, 5.41) is 27.3. The second-order valence-corrected chi connectivity index (χ2v) is 4.26. The summed E-state index contributed by atoms with van der Waals surface area (Å²) in [4.78, 5) is 21.3. The number of nitro benzene ring substituents is 1. The van der Waals surface area contributed by atoms with Crippen LogP contribution in [0.1, 0.15) is 16.9 Å². The highest BCUT2D eigenvalue weighted by molar-refractivity contribution is 5.92. The van der Waals surface area contributed by atoms with E-state index >= 15 is 0 Å². The summed E-state index contributed by atoms with van der Waals surface area (Å²) in [5.41, 5.74) is 5.98. The Hall–Kier alpha value is -2.81. The van der Waals surface area contributed by atoms with Crippen molar-refractivity contribution < 1.29 is 14.8 Å². The lowest BCUT2D eigenvalue weighted by molar-refractivity contribution is -0.384.